The number of carboxylic acids is 1. The zero-order chi connectivity index (χ0) is 21.2. The summed E-state index contributed by atoms with van der Waals surface area (Å²) in [6.07, 6.45) is -3.99. The molecule has 1 fully saturated rings. The molecule has 1 aromatic carbocycles. The molecule has 29 heavy (non-hydrogen) atoms. The van der Waals surface area contributed by atoms with Crippen molar-refractivity contribution in [2.45, 2.75) is 31.4 Å². The molecule has 12 heteroatoms. The van der Waals surface area contributed by atoms with Crippen LogP contribution in [0, 0.1) is 0 Å². The summed E-state index contributed by atoms with van der Waals surface area (Å²) < 4.78 is 77.9. The fourth-order valence-corrected chi connectivity index (χ4v) is 2.94. The second-order valence-electron chi connectivity index (χ2n) is 6.22. The third kappa shape index (κ3) is 5.13. The quantitative estimate of drug-likeness (QED) is 0.682. The number of carboxylic acid groups (broad SMARTS) is 1. The van der Waals surface area contributed by atoms with E-state index in [1.54, 1.807) is 0 Å². The van der Waals surface area contributed by atoms with E-state index < -0.39 is 43.1 Å². The molecule has 1 aliphatic rings. The van der Waals surface area contributed by atoms with E-state index in [0.717, 1.165) is 30.5 Å². The van der Waals surface area contributed by atoms with Crippen molar-refractivity contribution in [2.24, 2.45) is 0 Å². The molecule has 3 rings (SSSR count). The standard InChI is InChI=1S/C17H15F5N2O5/c18-15(19)27-7-10-5-12(6-24(10)16-23-13(8-28-16)14(25)26)29-11-3-1-9(2-4-11)17(20,21)22/h1-4,8,10,12,15H,5-7H2,(H,25,26)/t10-,12-/m0/s1. The minimum Gasteiger partial charge on any atom is -0.489 e. The van der Waals surface area contributed by atoms with Crippen molar-refractivity contribution in [1.29, 1.82) is 0 Å². The van der Waals surface area contributed by atoms with Gasteiger partial charge in [0, 0.05) is 6.42 Å². The highest BCUT2D eigenvalue weighted by molar-refractivity contribution is 5.85. The Balaban J connectivity index is 1.72. The molecule has 2 aromatic rings. The van der Waals surface area contributed by atoms with Gasteiger partial charge in [-0.3, -0.25) is 0 Å². The number of aromatic carboxylic acids is 1. The molecular weight excluding hydrogens is 407 g/mol. The first-order valence-corrected chi connectivity index (χ1v) is 8.32. The fraction of sp³-hybridized carbons (Fsp3) is 0.412. The lowest BCUT2D eigenvalue weighted by Gasteiger charge is -2.21. The number of carbonyl (C=O) groups is 1. The normalized spacial score (nSPS) is 19.7. The van der Waals surface area contributed by atoms with Crippen LogP contribution in [0.15, 0.2) is 34.9 Å². The molecular formula is C17H15F5N2O5. The molecule has 0 aliphatic carbocycles. The number of ether oxygens (including phenoxy) is 2. The average Bonchev–Trinajstić information content (AvgIpc) is 3.26. The maximum atomic E-state index is 12.6. The van der Waals surface area contributed by atoms with Crippen molar-refractivity contribution in [2.75, 3.05) is 18.1 Å². The number of aromatic nitrogens is 1. The Bertz CT molecular complexity index is 839. The zero-order valence-corrected chi connectivity index (χ0v) is 14.6. The monoisotopic (exact) mass is 422 g/mol. The second-order valence-corrected chi connectivity index (χ2v) is 6.22. The van der Waals surface area contributed by atoms with Crippen LogP contribution in [0.3, 0.4) is 0 Å². The van der Waals surface area contributed by atoms with Crippen LogP contribution >= 0.6 is 0 Å². The molecule has 0 bridgehead atoms. The minimum absolute atomic E-state index is 0.0812. The number of oxazole rings is 1. The van der Waals surface area contributed by atoms with E-state index >= 15 is 0 Å². The van der Waals surface area contributed by atoms with Crippen molar-refractivity contribution >= 4 is 12.0 Å². The predicted molar refractivity (Wildman–Crippen MR) is 87.0 cm³/mol. The Morgan fingerprint density at radius 1 is 1.31 bits per heavy atom. The molecule has 0 unspecified atom stereocenters. The average molecular weight is 422 g/mol. The third-order valence-electron chi connectivity index (χ3n) is 4.23. The molecule has 0 saturated carbocycles. The van der Waals surface area contributed by atoms with E-state index in [1.807, 2.05) is 0 Å². The summed E-state index contributed by atoms with van der Waals surface area (Å²) in [6.45, 7) is -3.33. The first-order valence-electron chi connectivity index (χ1n) is 8.32. The van der Waals surface area contributed by atoms with Gasteiger partial charge in [0.15, 0.2) is 5.69 Å². The van der Waals surface area contributed by atoms with Crippen molar-refractivity contribution in [1.82, 2.24) is 4.98 Å². The van der Waals surface area contributed by atoms with E-state index in [4.69, 9.17) is 14.3 Å². The molecule has 2 heterocycles. The molecule has 0 radical (unpaired) electrons. The highest BCUT2D eigenvalue weighted by atomic mass is 19.4. The molecule has 1 N–H and O–H groups in total. The highest BCUT2D eigenvalue weighted by Crippen LogP contribution is 2.32. The van der Waals surface area contributed by atoms with Gasteiger partial charge in [-0.2, -0.15) is 26.9 Å². The molecule has 1 saturated heterocycles. The van der Waals surface area contributed by atoms with Crippen LogP contribution in [-0.4, -0.2) is 48.0 Å². The van der Waals surface area contributed by atoms with E-state index in [-0.39, 0.29) is 30.4 Å². The number of alkyl halides is 5. The van der Waals surface area contributed by atoms with Gasteiger partial charge in [-0.15, -0.1) is 0 Å². The number of rotatable bonds is 7. The van der Waals surface area contributed by atoms with E-state index in [2.05, 4.69) is 9.72 Å². The van der Waals surface area contributed by atoms with Gasteiger partial charge in [0.2, 0.25) is 0 Å². The van der Waals surface area contributed by atoms with Gasteiger partial charge in [0.05, 0.1) is 24.8 Å². The number of hydrogen-bond donors (Lipinski definition) is 1. The van der Waals surface area contributed by atoms with Crippen LogP contribution in [0.2, 0.25) is 0 Å². The van der Waals surface area contributed by atoms with E-state index in [0.29, 0.717) is 0 Å². The Hall–Kier alpha value is -2.89. The van der Waals surface area contributed by atoms with Gasteiger partial charge < -0.3 is 23.9 Å². The Kier molecular flexibility index (Phi) is 5.91. The lowest BCUT2D eigenvalue weighted by Crippen LogP contribution is -2.34. The van der Waals surface area contributed by atoms with Crippen LogP contribution in [-0.2, 0) is 10.9 Å². The van der Waals surface area contributed by atoms with Gasteiger partial charge in [-0.25, -0.2) is 4.79 Å². The summed E-state index contributed by atoms with van der Waals surface area (Å²) in [5, 5.41) is 8.94. The fourth-order valence-electron chi connectivity index (χ4n) is 2.94. The van der Waals surface area contributed by atoms with Crippen molar-refractivity contribution in [3.05, 3.63) is 41.8 Å². The van der Waals surface area contributed by atoms with Crippen molar-refractivity contribution in [3.8, 4) is 5.75 Å². The van der Waals surface area contributed by atoms with Crippen LogP contribution in [0.25, 0.3) is 0 Å². The maximum Gasteiger partial charge on any atom is 0.416 e. The lowest BCUT2D eigenvalue weighted by molar-refractivity contribution is -0.137. The number of anilines is 1. The van der Waals surface area contributed by atoms with Gasteiger partial charge in [0.25, 0.3) is 6.01 Å². The Labute approximate surface area is 160 Å². The smallest absolute Gasteiger partial charge is 0.416 e. The SMILES string of the molecule is O=C(O)c1coc(N2C[C@@H](Oc3ccc(C(F)(F)F)cc3)C[C@H]2COC(F)F)n1. The number of halogens is 5. The first kappa shape index (κ1) is 20.8. The van der Waals surface area contributed by atoms with E-state index in [1.165, 1.54) is 4.90 Å². The van der Waals surface area contributed by atoms with Crippen molar-refractivity contribution < 1.29 is 45.7 Å². The first-order chi connectivity index (χ1) is 13.6. The number of hydrogen-bond acceptors (Lipinski definition) is 6. The van der Waals surface area contributed by atoms with Gasteiger partial charge >= 0.3 is 18.8 Å². The van der Waals surface area contributed by atoms with E-state index in [9.17, 15) is 26.7 Å². The maximum absolute atomic E-state index is 12.6. The summed E-state index contributed by atoms with van der Waals surface area (Å²) in [5.74, 6) is -1.16. The summed E-state index contributed by atoms with van der Waals surface area (Å²) in [4.78, 5) is 16.2. The van der Waals surface area contributed by atoms with Crippen LogP contribution < -0.4 is 9.64 Å². The summed E-state index contributed by atoms with van der Waals surface area (Å²) in [5.41, 5.74) is -1.19. The van der Waals surface area contributed by atoms with Gasteiger partial charge in [-0.1, -0.05) is 0 Å². The van der Waals surface area contributed by atoms with Crippen molar-refractivity contribution in [3.63, 3.8) is 0 Å². The molecule has 0 spiro atoms. The third-order valence-corrected chi connectivity index (χ3v) is 4.23. The largest absolute Gasteiger partial charge is 0.489 e. The molecule has 0 amide bonds. The minimum atomic E-state index is -4.48. The molecule has 2 atom stereocenters. The second kappa shape index (κ2) is 8.23. The molecule has 158 valence electrons. The van der Waals surface area contributed by atoms with Crippen LogP contribution in [0.4, 0.5) is 28.0 Å². The summed E-state index contributed by atoms with van der Waals surface area (Å²) >= 11 is 0. The summed E-state index contributed by atoms with van der Waals surface area (Å²) in [6, 6.07) is 3.28. The zero-order valence-electron chi connectivity index (χ0n) is 14.6. The lowest BCUT2D eigenvalue weighted by atomic mass is 10.2. The molecule has 7 nitrogen and oxygen atoms in total. The predicted octanol–water partition coefficient (Wildman–Crippen LogP) is 3.66. The molecule has 1 aromatic heterocycles. The molecule has 1 aliphatic heterocycles. The number of benzene rings is 1. The summed E-state index contributed by atoms with van der Waals surface area (Å²) in [7, 11) is 0. The number of nitrogens with zero attached hydrogens (tertiary/aromatic N) is 2. The van der Waals surface area contributed by atoms with Gasteiger partial charge in [0.1, 0.15) is 18.1 Å². The Morgan fingerprint density at radius 2 is 2.00 bits per heavy atom. The van der Waals surface area contributed by atoms with Crippen LogP contribution in [0.5, 0.6) is 5.75 Å². The van der Waals surface area contributed by atoms with Crippen LogP contribution in [0.1, 0.15) is 22.5 Å². The topological polar surface area (TPSA) is 85.0 Å². The van der Waals surface area contributed by atoms with Gasteiger partial charge in [-0.05, 0) is 24.3 Å². The highest BCUT2D eigenvalue weighted by Gasteiger charge is 2.37. The Morgan fingerprint density at radius 3 is 2.55 bits per heavy atom.